The van der Waals surface area contributed by atoms with Gasteiger partial charge in [-0.25, -0.2) is 4.79 Å². The lowest BCUT2D eigenvalue weighted by Gasteiger charge is -2.31. The summed E-state index contributed by atoms with van der Waals surface area (Å²) in [4.78, 5) is 36.7. The first kappa shape index (κ1) is 47.2. The number of carboxylic acid groups (broad SMARTS) is 1. The summed E-state index contributed by atoms with van der Waals surface area (Å²) < 4.78 is 17.0. The molecule has 0 aliphatic heterocycles. The van der Waals surface area contributed by atoms with E-state index in [1.807, 2.05) is 69.8 Å². The summed E-state index contributed by atoms with van der Waals surface area (Å²) in [6.45, 7) is 4.34. The molecule has 1 N–H and O–H groups in total. The van der Waals surface area contributed by atoms with Gasteiger partial charge in [-0.2, -0.15) is 0 Å². The number of carbonyl (C=O) groups is 3. The average Bonchev–Trinajstić information content (AvgIpc) is 3.08. The third kappa shape index (κ3) is 31.9. The van der Waals surface area contributed by atoms with Gasteiger partial charge in [0.05, 0.1) is 40.8 Å². The second kappa shape index (κ2) is 33.4. The summed E-state index contributed by atoms with van der Waals surface area (Å²) >= 11 is 0. The van der Waals surface area contributed by atoms with E-state index in [1.165, 1.54) is 6.42 Å². The van der Waals surface area contributed by atoms with Crippen LogP contribution in [0.15, 0.2) is 97.2 Å². The Bertz CT molecular complexity index is 1150. The first-order chi connectivity index (χ1) is 24.6. The Morgan fingerprint density at radius 1 is 0.647 bits per heavy atom. The highest BCUT2D eigenvalue weighted by atomic mass is 16.6. The number of quaternary nitrogens is 1. The van der Waals surface area contributed by atoms with Crippen LogP contribution in [0.25, 0.3) is 0 Å². The van der Waals surface area contributed by atoms with Gasteiger partial charge in [0.15, 0.2) is 12.1 Å². The molecular weight excluding hydrogens is 642 g/mol. The molecular formula is C43H68NO7+. The van der Waals surface area contributed by atoms with Gasteiger partial charge in [-0.05, 0) is 44.9 Å². The number of allylic oxidation sites excluding steroid dienone is 15. The first-order valence-corrected chi connectivity index (χ1v) is 18.8. The second-order valence-electron chi connectivity index (χ2n) is 13.2. The number of hydrogen-bond donors (Lipinski definition) is 1. The molecule has 0 fully saturated rings. The van der Waals surface area contributed by atoms with Crippen molar-refractivity contribution in [3.05, 3.63) is 97.2 Å². The highest BCUT2D eigenvalue weighted by Gasteiger charge is 2.31. The number of carboxylic acids is 1. The minimum absolute atomic E-state index is 0.0162. The number of likely N-dealkylation sites (N-methyl/N-ethyl adjacent to an activating group) is 1. The molecule has 0 aromatic heterocycles. The van der Waals surface area contributed by atoms with E-state index in [-0.39, 0.29) is 43.1 Å². The number of unbranched alkanes of at least 4 members (excludes halogenated alkanes) is 6. The number of ether oxygens (including phenoxy) is 3. The van der Waals surface area contributed by atoms with Crippen LogP contribution >= 0.6 is 0 Å². The van der Waals surface area contributed by atoms with Gasteiger partial charge in [-0.1, -0.05) is 137 Å². The molecule has 0 aliphatic carbocycles. The number of esters is 2. The predicted molar refractivity (Wildman–Crippen MR) is 210 cm³/mol. The summed E-state index contributed by atoms with van der Waals surface area (Å²) in [5.74, 6) is -1.67. The molecule has 0 aliphatic rings. The molecule has 2 atom stereocenters. The summed E-state index contributed by atoms with van der Waals surface area (Å²) in [5, 5.41) is 9.57. The van der Waals surface area contributed by atoms with Crippen LogP contribution in [-0.2, 0) is 28.6 Å². The Morgan fingerprint density at radius 3 is 1.82 bits per heavy atom. The van der Waals surface area contributed by atoms with Crippen molar-refractivity contribution in [2.45, 2.75) is 116 Å². The van der Waals surface area contributed by atoms with Crippen molar-refractivity contribution in [1.29, 1.82) is 0 Å². The van der Waals surface area contributed by atoms with Gasteiger partial charge in [0, 0.05) is 12.8 Å². The fraction of sp³-hybridized carbons (Fsp3) is 0.558. The van der Waals surface area contributed by atoms with E-state index in [2.05, 4.69) is 56.4 Å². The Kier molecular flexibility index (Phi) is 30.9. The molecule has 0 saturated carbocycles. The Morgan fingerprint density at radius 2 is 1.22 bits per heavy atom. The minimum Gasteiger partial charge on any atom is -0.477 e. The zero-order valence-electron chi connectivity index (χ0n) is 32.3. The van der Waals surface area contributed by atoms with E-state index >= 15 is 0 Å². The maximum atomic E-state index is 12.6. The van der Waals surface area contributed by atoms with Crippen LogP contribution in [0, 0.1) is 0 Å². The predicted octanol–water partition coefficient (Wildman–Crippen LogP) is 9.57. The SMILES string of the molecule is CC/C=C/C/C=C/C/C=C/CC(=O)OCC(COCCC(C(=O)O)[N+](C)(C)C)OC(=O)CCCCCCC/C=C/C=C/C=C/C=C/C=C/CCC. The monoisotopic (exact) mass is 710 g/mol. The molecule has 8 nitrogen and oxygen atoms in total. The molecule has 0 bridgehead atoms. The highest BCUT2D eigenvalue weighted by molar-refractivity contribution is 5.72. The zero-order chi connectivity index (χ0) is 37.8. The molecule has 0 spiro atoms. The van der Waals surface area contributed by atoms with Gasteiger partial charge in [-0.3, -0.25) is 9.59 Å². The standard InChI is InChI=1S/C43H67NO7/c1-6-8-10-12-14-16-17-18-19-20-21-22-23-24-26-28-30-32-34-42(46)51-39(37-49-36-35-40(43(47)48)44(3,4)5)38-50-41(45)33-31-29-27-25-15-13-11-9-7-2/h9-12,14-22,25,29,31,39-40H,6-8,13,23-24,26-28,30,32-38H2,1-5H3/p+1/b11-9+,12-10+,16-14+,18-17+,20-19+,22-21+,25-15+,31-29+. The van der Waals surface area contributed by atoms with E-state index in [0.717, 1.165) is 64.2 Å². The topological polar surface area (TPSA) is 99.1 Å². The quantitative estimate of drug-likeness (QED) is 0.0252. The summed E-state index contributed by atoms with van der Waals surface area (Å²) in [6, 6.07) is -0.635. The zero-order valence-corrected chi connectivity index (χ0v) is 32.3. The average molecular weight is 711 g/mol. The maximum absolute atomic E-state index is 12.6. The van der Waals surface area contributed by atoms with E-state index < -0.39 is 24.1 Å². The van der Waals surface area contributed by atoms with Crippen LogP contribution in [0.3, 0.4) is 0 Å². The van der Waals surface area contributed by atoms with Crippen molar-refractivity contribution in [2.75, 3.05) is 41.0 Å². The highest BCUT2D eigenvalue weighted by Crippen LogP contribution is 2.11. The van der Waals surface area contributed by atoms with Gasteiger partial charge < -0.3 is 23.8 Å². The van der Waals surface area contributed by atoms with Gasteiger partial charge in [0.2, 0.25) is 0 Å². The van der Waals surface area contributed by atoms with Crippen LogP contribution in [-0.4, -0.2) is 80.6 Å². The molecule has 0 amide bonds. The van der Waals surface area contributed by atoms with Crippen molar-refractivity contribution in [3.8, 4) is 0 Å². The van der Waals surface area contributed by atoms with Gasteiger partial charge >= 0.3 is 17.9 Å². The smallest absolute Gasteiger partial charge is 0.362 e. The van der Waals surface area contributed by atoms with Crippen LogP contribution in [0.2, 0.25) is 0 Å². The van der Waals surface area contributed by atoms with Gasteiger partial charge in [0.1, 0.15) is 6.61 Å². The van der Waals surface area contributed by atoms with Crippen molar-refractivity contribution in [3.63, 3.8) is 0 Å². The second-order valence-corrected chi connectivity index (χ2v) is 13.2. The molecule has 51 heavy (non-hydrogen) atoms. The number of nitrogens with zero attached hydrogens (tertiary/aromatic N) is 1. The lowest BCUT2D eigenvalue weighted by molar-refractivity contribution is -0.887. The van der Waals surface area contributed by atoms with Gasteiger partial charge in [0.25, 0.3) is 0 Å². The molecule has 286 valence electrons. The molecule has 0 heterocycles. The summed E-state index contributed by atoms with van der Waals surface area (Å²) in [7, 11) is 5.46. The lowest BCUT2D eigenvalue weighted by Crippen LogP contribution is -2.50. The van der Waals surface area contributed by atoms with E-state index in [9.17, 15) is 19.5 Å². The number of carbonyl (C=O) groups excluding carboxylic acids is 2. The van der Waals surface area contributed by atoms with E-state index in [1.54, 1.807) is 6.08 Å². The van der Waals surface area contributed by atoms with E-state index in [0.29, 0.717) is 6.42 Å². The largest absolute Gasteiger partial charge is 0.477 e. The summed E-state index contributed by atoms with van der Waals surface area (Å²) in [5.41, 5.74) is 0. The third-order valence-electron chi connectivity index (χ3n) is 7.61. The minimum atomic E-state index is -0.896. The fourth-order valence-electron chi connectivity index (χ4n) is 4.71. The molecule has 0 radical (unpaired) electrons. The molecule has 0 rings (SSSR count). The molecule has 0 saturated heterocycles. The fourth-order valence-corrected chi connectivity index (χ4v) is 4.71. The van der Waals surface area contributed by atoms with Crippen LogP contribution in [0.1, 0.15) is 104 Å². The van der Waals surface area contributed by atoms with E-state index in [4.69, 9.17) is 14.2 Å². The Labute approximate surface area is 309 Å². The number of hydrogen-bond acceptors (Lipinski definition) is 6. The first-order valence-electron chi connectivity index (χ1n) is 18.8. The van der Waals surface area contributed by atoms with Crippen LogP contribution in [0.4, 0.5) is 0 Å². The Balaban J connectivity index is 4.56. The lowest BCUT2D eigenvalue weighted by atomic mass is 10.1. The normalized spacial score (nSPS) is 14.1. The molecule has 2 unspecified atom stereocenters. The van der Waals surface area contributed by atoms with Crippen LogP contribution < -0.4 is 0 Å². The van der Waals surface area contributed by atoms with Gasteiger partial charge in [-0.15, -0.1) is 0 Å². The third-order valence-corrected chi connectivity index (χ3v) is 7.61. The number of aliphatic carboxylic acids is 1. The maximum Gasteiger partial charge on any atom is 0.362 e. The Hall–Kier alpha value is -3.75. The van der Waals surface area contributed by atoms with Crippen molar-refractivity contribution in [2.24, 2.45) is 0 Å². The van der Waals surface area contributed by atoms with Crippen LogP contribution in [0.5, 0.6) is 0 Å². The molecule has 0 aromatic rings. The van der Waals surface area contributed by atoms with Crippen molar-refractivity contribution >= 4 is 17.9 Å². The number of rotatable bonds is 31. The molecule has 8 heteroatoms. The van der Waals surface area contributed by atoms with Crippen molar-refractivity contribution < 1.29 is 38.2 Å². The van der Waals surface area contributed by atoms with Crippen molar-refractivity contribution in [1.82, 2.24) is 0 Å². The summed E-state index contributed by atoms with van der Waals surface area (Å²) in [6.07, 6.45) is 43.4. The molecule has 0 aromatic carbocycles.